The lowest BCUT2D eigenvalue weighted by Crippen LogP contribution is -2.22. The Morgan fingerprint density at radius 3 is 2.36 bits per heavy atom. The molecule has 2 atom stereocenters. The lowest BCUT2D eigenvalue weighted by molar-refractivity contribution is 0.0318. The Morgan fingerprint density at radius 2 is 1.86 bits per heavy atom. The van der Waals surface area contributed by atoms with Gasteiger partial charge in [0.05, 0.1) is 0 Å². The van der Waals surface area contributed by atoms with Crippen LogP contribution >= 0.6 is 0 Å². The van der Waals surface area contributed by atoms with E-state index >= 15 is 0 Å². The summed E-state index contributed by atoms with van der Waals surface area (Å²) in [5, 5.41) is 17.7. The van der Waals surface area contributed by atoms with Gasteiger partial charge >= 0.3 is 0 Å². The van der Waals surface area contributed by atoms with Gasteiger partial charge in [-0.05, 0) is 37.3 Å². The smallest absolute Gasteiger partial charge is 0.169 e. The number of nitrogens with zero attached hydrogens (tertiary/aromatic N) is 1. The molecule has 1 unspecified atom stereocenters. The van der Waals surface area contributed by atoms with Crippen molar-refractivity contribution in [2.75, 3.05) is 19.0 Å². The highest BCUT2D eigenvalue weighted by Crippen LogP contribution is 2.17. The maximum absolute atomic E-state index is 12.4. The van der Waals surface area contributed by atoms with E-state index in [4.69, 9.17) is 10.3 Å². The molecule has 0 aromatic heterocycles. The zero-order valence-corrected chi connectivity index (χ0v) is 13.4. The van der Waals surface area contributed by atoms with Crippen LogP contribution in [-0.4, -0.2) is 36.4 Å². The maximum atomic E-state index is 12.4. The first-order chi connectivity index (χ1) is 10.3. The van der Waals surface area contributed by atoms with Crippen LogP contribution in [0.1, 0.15) is 24.2 Å². The molecule has 1 rings (SSSR count). The van der Waals surface area contributed by atoms with E-state index in [0.717, 1.165) is 11.3 Å². The summed E-state index contributed by atoms with van der Waals surface area (Å²) in [7, 11) is 3.90. The van der Waals surface area contributed by atoms with Gasteiger partial charge in [-0.25, -0.2) is 0 Å². The lowest BCUT2D eigenvalue weighted by Gasteiger charge is -2.13. The second-order valence-electron chi connectivity index (χ2n) is 5.44. The molecular formula is C17H24N2O3. The van der Waals surface area contributed by atoms with Crippen molar-refractivity contribution in [3.8, 4) is 0 Å². The van der Waals surface area contributed by atoms with Crippen LogP contribution in [0.5, 0.6) is 0 Å². The number of nitrogens with one attached hydrogen (secondary N) is 1. The van der Waals surface area contributed by atoms with Gasteiger partial charge in [-0.3, -0.25) is 4.79 Å². The van der Waals surface area contributed by atoms with Gasteiger partial charge < -0.3 is 15.2 Å². The Balaban J connectivity index is 2.77. The Morgan fingerprint density at radius 1 is 1.27 bits per heavy atom. The standard InChI is InChI=1S/C17H24N2O3/c1-12(5-10-16(20)18-22)11-13(2)17(21)14-6-8-15(9-7-14)19(3)4/h5-11,13,16,18,20,22H,1-4H3/b10-5+,12-11+/t13-,16?/m0/s1. The average Bonchev–Trinajstić information content (AvgIpc) is 2.51. The predicted molar refractivity (Wildman–Crippen MR) is 88.1 cm³/mol. The minimum Gasteiger partial charge on any atom is -0.378 e. The molecule has 0 radical (unpaired) electrons. The van der Waals surface area contributed by atoms with E-state index in [1.165, 1.54) is 6.08 Å². The number of aliphatic hydroxyl groups excluding tert-OH is 1. The monoisotopic (exact) mass is 304 g/mol. The molecular weight excluding hydrogens is 280 g/mol. The summed E-state index contributed by atoms with van der Waals surface area (Å²) in [6.45, 7) is 3.67. The normalized spacial score (nSPS) is 14.9. The second kappa shape index (κ2) is 8.48. The molecule has 0 saturated carbocycles. The Hall–Kier alpha value is -1.95. The van der Waals surface area contributed by atoms with Gasteiger partial charge in [-0.15, -0.1) is 0 Å². The van der Waals surface area contributed by atoms with Crippen molar-refractivity contribution in [2.24, 2.45) is 5.92 Å². The fourth-order valence-corrected chi connectivity index (χ4v) is 2.00. The first-order valence-electron chi connectivity index (χ1n) is 7.11. The highest BCUT2D eigenvalue weighted by atomic mass is 16.5. The lowest BCUT2D eigenvalue weighted by atomic mass is 9.97. The van der Waals surface area contributed by atoms with Crippen molar-refractivity contribution in [1.29, 1.82) is 0 Å². The van der Waals surface area contributed by atoms with Crippen LogP contribution in [0.15, 0.2) is 48.1 Å². The molecule has 5 heteroatoms. The molecule has 0 aliphatic heterocycles. The number of hydrogen-bond donors (Lipinski definition) is 3. The largest absolute Gasteiger partial charge is 0.378 e. The van der Waals surface area contributed by atoms with Gasteiger partial charge in [0.25, 0.3) is 0 Å². The average molecular weight is 304 g/mol. The van der Waals surface area contributed by atoms with Crippen molar-refractivity contribution in [3.05, 3.63) is 53.6 Å². The SMILES string of the molecule is CC(/C=C/C(O)NO)=C\[C@H](C)C(=O)c1ccc(N(C)C)cc1. The summed E-state index contributed by atoms with van der Waals surface area (Å²) in [4.78, 5) is 14.4. The molecule has 0 spiro atoms. The van der Waals surface area contributed by atoms with Crippen LogP contribution in [0.3, 0.4) is 0 Å². The number of hydroxylamine groups is 1. The first kappa shape index (κ1) is 18.1. The molecule has 5 nitrogen and oxygen atoms in total. The fraction of sp³-hybridized carbons (Fsp3) is 0.353. The van der Waals surface area contributed by atoms with Gasteiger partial charge in [0.15, 0.2) is 5.78 Å². The highest BCUT2D eigenvalue weighted by molar-refractivity contribution is 5.99. The molecule has 1 aromatic carbocycles. The molecule has 0 heterocycles. The van der Waals surface area contributed by atoms with E-state index in [2.05, 4.69) is 0 Å². The number of benzene rings is 1. The van der Waals surface area contributed by atoms with E-state index < -0.39 is 6.23 Å². The Labute approximate surface area is 131 Å². The summed E-state index contributed by atoms with van der Waals surface area (Å²) >= 11 is 0. The third kappa shape index (κ3) is 5.44. The number of allylic oxidation sites excluding steroid dienone is 3. The third-order valence-electron chi connectivity index (χ3n) is 3.27. The summed E-state index contributed by atoms with van der Waals surface area (Å²) in [5.41, 5.74) is 4.26. The van der Waals surface area contributed by atoms with Gasteiger partial charge in [-0.1, -0.05) is 24.6 Å². The minimum absolute atomic E-state index is 0.0406. The number of carbonyl (C=O) groups excluding carboxylic acids is 1. The molecule has 3 N–H and O–H groups in total. The van der Waals surface area contributed by atoms with E-state index in [1.54, 1.807) is 11.6 Å². The van der Waals surface area contributed by atoms with Crippen molar-refractivity contribution in [2.45, 2.75) is 20.1 Å². The zero-order valence-electron chi connectivity index (χ0n) is 13.4. The quantitative estimate of drug-likeness (QED) is 0.312. The van der Waals surface area contributed by atoms with Crippen molar-refractivity contribution in [3.63, 3.8) is 0 Å². The molecule has 0 aliphatic carbocycles. The van der Waals surface area contributed by atoms with Gasteiger partial charge in [0.1, 0.15) is 6.23 Å². The minimum atomic E-state index is -1.12. The molecule has 0 amide bonds. The third-order valence-corrected chi connectivity index (χ3v) is 3.27. The molecule has 0 bridgehead atoms. The van der Waals surface area contributed by atoms with Crippen LogP contribution < -0.4 is 10.4 Å². The van der Waals surface area contributed by atoms with Gasteiger partial charge in [0, 0.05) is 31.3 Å². The van der Waals surface area contributed by atoms with Crippen LogP contribution in [0.4, 0.5) is 5.69 Å². The zero-order chi connectivity index (χ0) is 16.7. The number of ketones is 1. The molecule has 0 fully saturated rings. The summed E-state index contributed by atoms with van der Waals surface area (Å²) in [5.74, 6) is -0.229. The Bertz CT molecular complexity index is 548. The number of aliphatic hydroxyl groups is 1. The number of rotatable bonds is 7. The number of anilines is 1. The van der Waals surface area contributed by atoms with Crippen LogP contribution in [0, 0.1) is 5.92 Å². The van der Waals surface area contributed by atoms with E-state index in [1.807, 2.05) is 63.2 Å². The van der Waals surface area contributed by atoms with E-state index in [9.17, 15) is 4.79 Å². The van der Waals surface area contributed by atoms with Crippen LogP contribution in [0.25, 0.3) is 0 Å². The van der Waals surface area contributed by atoms with Crippen molar-refractivity contribution < 1.29 is 15.1 Å². The molecule has 1 aromatic rings. The van der Waals surface area contributed by atoms with Gasteiger partial charge in [-0.2, -0.15) is 5.48 Å². The molecule has 0 aliphatic rings. The molecule has 22 heavy (non-hydrogen) atoms. The summed E-state index contributed by atoms with van der Waals surface area (Å²) < 4.78 is 0. The van der Waals surface area contributed by atoms with Crippen molar-refractivity contribution in [1.82, 2.24) is 5.48 Å². The van der Waals surface area contributed by atoms with Crippen molar-refractivity contribution >= 4 is 11.5 Å². The van der Waals surface area contributed by atoms with Crippen LogP contribution in [-0.2, 0) is 0 Å². The van der Waals surface area contributed by atoms with Gasteiger partial charge in [0.2, 0.25) is 0 Å². The van der Waals surface area contributed by atoms with E-state index in [-0.39, 0.29) is 11.7 Å². The number of Topliss-reactive ketones (excluding diaryl/α,β-unsaturated/α-hetero) is 1. The summed E-state index contributed by atoms with van der Waals surface area (Å²) in [6, 6.07) is 7.48. The summed E-state index contributed by atoms with van der Waals surface area (Å²) in [6.07, 6.45) is 3.75. The van der Waals surface area contributed by atoms with Crippen LogP contribution in [0.2, 0.25) is 0 Å². The number of carbonyl (C=O) groups is 1. The maximum Gasteiger partial charge on any atom is 0.169 e. The number of hydrogen-bond acceptors (Lipinski definition) is 5. The molecule has 120 valence electrons. The fourth-order valence-electron chi connectivity index (χ4n) is 2.00. The Kier molecular flexibility index (Phi) is 6.98. The topological polar surface area (TPSA) is 72.8 Å². The molecule has 0 saturated heterocycles. The first-order valence-corrected chi connectivity index (χ1v) is 7.11. The van der Waals surface area contributed by atoms with E-state index in [0.29, 0.717) is 5.56 Å². The predicted octanol–water partition coefficient (Wildman–Crippen LogP) is 2.37. The highest BCUT2D eigenvalue weighted by Gasteiger charge is 2.13. The second-order valence-corrected chi connectivity index (χ2v) is 5.44.